The smallest absolute Gasteiger partial charge is 0.191 e. The van der Waals surface area contributed by atoms with Crippen LogP contribution in [0, 0.1) is 22.7 Å². The van der Waals surface area contributed by atoms with Crippen LogP contribution in [0.2, 0.25) is 0 Å². The fraction of sp³-hybridized carbons (Fsp3) is 0.581. The van der Waals surface area contributed by atoms with Crippen LogP contribution in [0.5, 0.6) is 0 Å². The number of nitrogens with two attached hydrogens (primary N) is 1. The highest BCUT2D eigenvalue weighted by molar-refractivity contribution is 5.77. The molecular weight excluding hydrogens is 512 g/mol. The first-order valence-electron chi connectivity index (χ1n) is 14.9. The van der Waals surface area contributed by atoms with Gasteiger partial charge in [0.25, 0.3) is 0 Å². The summed E-state index contributed by atoms with van der Waals surface area (Å²) in [4.78, 5) is 20.6. The van der Waals surface area contributed by atoms with Gasteiger partial charge in [0.1, 0.15) is 11.9 Å². The molecule has 41 heavy (non-hydrogen) atoms. The molecule has 3 N–H and O–H groups in total. The molecule has 0 amide bonds. The number of likely N-dealkylation sites (tertiary alicyclic amines) is 1. The van der Waals surface area contributed by atoms with Gasteiger partial charge in [-0.2, -0.15) is 10.5 Å². The Morgan fingerprint density at radius 2 is 1.78 bits per heavy atom. The number of anilines is 3. The number of guanidine groups is 1. The van der Waals surface area contributed by atoms with E-state index in [-0.39, 0.29) is 17.8 Å². The second kappa shape index (κ2) is 12.3. The van der Waals surface area contributed by atoms with Crippen molar-refractivity contribution in [2.45, 2.75) is 81.8 Å². The quantitative estimate of drug-likeness (QED) is 0.399. The van der Waals surface area contributed by atoms with Crippen LogP contribution >= 0.6 is 0 Å². The van der Waals surface area contributed by atoms with Crippen molar-refractivity contribution in [3.05, 3.63) is 41.7 Å². The van der Waals surface area contributed by atoms with E-state index in [1.165, 1.54) is 25.7 Å². The van der Waals surface area contributed by atoms with Crippen LogP contribution in [0.3, 0.4) is 0 Å². The van der Waals surface area contributed by atoms with E-state index in [4.69, 9.17) is 15.7 Å². The molecule has 1 aromatic carbocycles. The second-order valence-electron chi connectivity index (χ2n) is 11.9. The van der Waals surface area contributed by atoms with Gasteiger partial charge in [-0.1, -0.05) is 25.0 Å². The first-order chi connectivity index (χ1) is 19.8. The van der Waals surface area contributed by atoms with Gasteiger partial charge < -0.3 is 25.8 Å². The molecule has 1 aliphatic carbocycles. The Morgan fingerprint density at radius 1 is 1.07 bits per heavy atom. The van der Waals surface area contributed by atoms with Crippen LogP contribution in [-0.4, -0.2) is 77.6 Å². The molecule has 3 heterocycles. The maximum Gasteiger partial charge on any atom is 0.191 e. The lowest BCUT2D eigenvalue weighted by molar-refractivity contribution is 0.135. The lowest BCUT2D eigenvalue weighted by Gasteiger charge is -2.40. The number of aromatic nitrogens is 2. The highest BCUT2D eigenvalue weighted by atomic mass is 15.3. The van der Waals surface area contributed by atoms with E-state index in [2.05, 4.69) is 39.2 Å². The van der Waals surface area contributed by atoms with E-state index < -0.39 is 5.41 Å². The molecule has 216 valence electrons. The summed E-state index contributed by atoms with van der Waals surface area (Å²) in [5.74, 6) is 1.64. The van der Waals surface area contributed by atoms with Gasteiger partial charge in [0.15, 0.2) is 17.5 Å². The Morgan fingerprint density at radius 3 is 2.41 bits per heavy atom. The molecule has 2 atom stereocenters. The Hall–Kier alpha value is -3.89. The zero-order chi connectivity index (χ0) is 29.0. The third-order valence-electron chi connectivity index (χ3n) is 9.27. The van der Waals surface area contributed by atoms with Gasteiger partial charge in [0.05, 0.1) is 29.8 Å². The minimum Gasteiger partial charge on any atom is -0.370 e. The van der Waals surface area contributed by atoms with E-state index >= 15 is 0 Å². The summed E-state index contributed by atoms with van der Waals surface area (Å²) < 4.78 is 0. The maximum atomic E-state index is 10.2. The van der Waals surface area contributed by atoms with Crippen molar-refractivity contribution in [1.29, 1.82) is 10.5 Å². The number of rotatable bonds is 6. The fourth-order valence-electron chi connectivity index (χ4n) is 6.61. The zero-order valence-corrected chi connectivity index (χ0v) is 24.6. The van der Waals surface area contributed by atoms with Gasteiger partial charge in [-0.3, -0.25) is 0 Å². The molecule has 0 spiro atoms. The van der Waals surface area contributed by atoms with Crippen LogP contribution in [0.25, 0.3) is 0 Å². The minimum atomic E-state index is -0.454. The molecule has 3 fully saturated rings. The highest BCUT2D eigenvalue weighted by Gasteiger charge is 2.38. The van der Waals surface area contributed by atoms with Gasteiger partial charge in [0.2, 0.25) is 0 Å². The summed E-state index contributed by atoms with van der Waals surface area (Å²) in [5, 5.41) is 23.3. The van der Waals surface area contributed by atoms with Crippen molar-refractivity contribution in [1.82, 2.24) is 19.8 Å². The average Bonchev–Trinajstić information content (AvgIpc) is 3.54. The first-order valence-corrected chi connectivity index (χ1v) is 14.9. The molecule has 1 saturated carbocycles. The molecule has 1 aromatic heterocycles. The van der Waals surface area contributed by atoms with Crippen LogP contribution in [0.1, 0.15) is 69.5 Å². The standard InChI is InChI=1S/C31H42N10/c1-22-26(37-30(34)39(2)3)9-6-16-41(22)28-20-35-27(19-32)29(38-28)36-24-12-10-23(11-13-24)31(21-33)14-17-40(18-15-31)25-7-4-5-8-25/h10-13,20,22,25-26H,4-9,14-18H2,1-3H3,(H2,34,37)(H,36,38)/t22-,26-/m1/s1. The van der Waals surface area contributed by atoms with Gasteiger partial charge >= 0.3 is 0 Å². The topological polar surface area (TPSA) is 133 Å². The number of nitrogens with one attached hydrogen (secondary N) is 1. The summed E-state index contributed by atoms with van der Waals surface area (Å²) in [6, 6.07) is 13.7. The summed E-state index contributed by atoms with van der Waals surface area (Å²) >= 11 is 0. The van der Waals surface area contributed by atoms with Gasteiger partial charge in [-0.15, -0.1) is 0 Å². The molecule has 0 unspecified atom stereocenters. The van der Waals surface area contributed by atoms with Gasteiger partial charge in [0, 0.05) is 45.5 Å². The Balaban J connectivity index is 1.30. The van der Waals surface area contributed by atoms with Crippen LogP contribution in [-0.2, 0) is 5.41 Å². The number of hydrogen-bond acceptors (Lipinski definition) is 8. The van der Waals surface area contributed by atoms with Crippen LogP contribution < -0.4 is 16.0 Å². The second-order valence-corrected chi connectivity index (χ2v) is 11.9. The van der Waals surface area contributed by atoms with Crippen molar-refractivity contribution in [2.24, 2.45) is 10.7 Å². The molecule has 3 aliphatic rings. The van der Waals surface area contributed by atoms with Crippen molar-refractivity contribution in [3.63, 3.8) is 0 Å². The normalized spacial score (nSPS) is 23.5. The maximum absolute atomic E-state index is 10.2. The summed E-state index contributed by atoms with van der Waals surface area (Å²) in [6.45, 7) is 4.92. The highest BCUT2D eigenvalue weighted by Crippen LogP contribution is 2.38. The average molecular weight is 555 g/mol. The fourth-order valence-corrected chi connectivity index (χ4v) is 6.61. The van der Waals surface area contributed by atoms with Gasteiger partial charge in [-0.25, -0.2) is 15.0 Å². The van der Waals surface area contributed by atoms with E-state index in [0.717, 1.165) is 56.6 Å². The third-order valence-corrected chi connectivity index (χ3v) is 9.27. The first kappa shape index (κ1) is 28.6. The molecule has 10 heteroatoms. The lowest BCUT2D eigenvalue weighted by Crippen LogP contribution is -2.47. The molecule has 5 rings (SSSR count). The Bertz CT molecular complexity index is 1310. The van der Waals surface area contributed by atoms with Crippen LogP contribution in [0.15, 0.2) is 35.5 Å². The van der Waals surface area contributed by atoms with Crippen molar-refractivity contribution in [3.8, 4) is 12.1 Å². The van der Waals surface area contributed by atoms with Crippen molar-refractivity contribution >= 4 is 23.3 Å². The number of aliphatic imine (C=N–C) groups is 1. The molecule has 2 aliphatic heterocycles. The summed E-state index contributed by atoms with van der Waals surface area (Å²) in [6.07, 6.45) is 10.6. The number of piperidine rings is 2. The predicted molar refractivity (Wildman–Crippen MR) is 162 cm³/mol. The number of benzene rings is 1. The minimum absolute atomic E-state index is 0.0463. The number of nitriles is 2. The SMILES string of the molecule is C[C@@H]1[C@H](N=C(N)N(C)C)CCCN1c1cnc(C#N)c(Nc2ccc(C3(C#N)CCN(C4CCCC4)CC3)cc2)n1. The monoisotopic (exact) mass is 554 g/mol. The lowest BCUT2D eigenvalue weighted by atomic mass is 9.73. The largest absolute Gasteiger partial charge is 0.370 e. The van der Waals surface area contributed by atoms with E-state index in [0.29, 0.717) is 23.6 Å². The van der Waals surface area contributed by atoms with Crippen molar-refractivity contribution < 1.29 is 0 Å². The summed E-state index contributed by atoms with van der Waals surface area (Å²) in [7, 11) is 3.78. The predicted octanol–water partition coefficient (Wildman–Crippen LogP) is 4.13. The number of nitrogens with zero attached hydrogens (tertiary/aromatic N) is 8. The summed E-state index contributed by atoms with van der Waals surface area (Å²) in [5.41, 5.74) is 7.76. The van der Waals surface area contributed by atoms with E-state index in [1.54, 1.807) is 6.20 Å². The third kappa shape index (κ3) is 6.08. The Kier molecular flexibility index (Phi) is 8.60. The molecule has 10 nitrogen and oxygen atoms in total. The molecule has 2 saturated heterocycles. The molecule has 2 aromatic rings. The van der Waals surface area contributed by atoms with Gasteiger partial charge in [-0.05, 0) is 63.1 Å². The Labute approximate surface area is 243 Å². The molecular formula is C31H42N10. The van der Waals surface area contributed by atoms with E-state index in [1.807, 2.05) is 43.3 Å². The van der Waals surface area contributed by atoms with Crippen molar-refractivity contribution in [2.75, 3.05) is 43.9 Å². The van der Waals surface area contributed by atoms with E-state index in [9.17, 15) is 10.5 Å². The zero-order valence-electron chi connectivity index (χ0n) is 24.6. The molecule has 0 bridgehead atoms. The number of hydrogen-bond donors (Lipinski definition) is 2. The van der Waals surface area contributed by atoms with Crippen LogP contribution in [0.4, 0.5) is 17.3 Å². The molecule has 0 radical (unpaired) electrons.